The largest absolute Gasteiger partial charge is 0.364 e. The number of nitrogens with one attached hydrogen (secondary N) is 1. The number of halogens is 1. The van der Waals surface area contributed by atoms with Crippen LogP contribution >= 0.6 is 11.6 Å². The van der Waals surface area contributed by atoms with E-state index in [4.69, 9.17) is 21.8 Å². The van der Waals surface area contributed by atoms with Crippen molar-refractivity contribution in [1.29, 1.82) is 0 Å². The van der Waals surface area contributed by atoms with Gasteiger partial charge in [0.25, 0.3) is 0 Å². The standard InChI is InChI=1S/C17H18ClNO3/c18-15-8-3-13(4-9-15)11-19-16(20)10-5-12-1-6-14(7-2-12)17(21)22/h1-4,6-9,17,21-22H,5,10-11H2,(H,19,20). The maximum atomic E-state index is 11.8. The van der Waals surface area contributed by atoms with Crippen molar-refractivity contribution in [3.8, 4) is 0 Å². The van der Waals surface area contributed by atoms with E-state index in [0.717, 1.165) is 11.1 Å². The summed E-state index contributed by atoms with van der Waals surface area (Å²) >= 11 is 5.80. The zero-order chi connectivity index (χ0) is 15.9. The van der Waals surface area contributed by atoms with Crippen LogP contribution in [0.3, 0.4) is 0 Å². The monoisotopic (exact) mass is 319 g/mol. The summed E-state index contributed by atoms with van der Waals surface area (Å²) in [6.07, 6.45) is -0.472. The Balaban J connectivity index is 1.76. The van der Waals surface area contributed by atoms with Crippen LogP contribution in [-0.2, 0) is 17.8 Å². The molecule has 0 heterocycles. The van der Waals surface area contributed by atoms with Gasteiger partial charge in [0, 0.05) is 23.6 Å². The van der Waals surface area contributed by atoms with E-state index in [-0.39, 0.29) is 5.91 Å². The van der Waals surface area contributed by atoms with Crippen molar-refractivity contribution in [2.45, 2.75) is 25.7 Å². The number of benzene rings is 2. The lowest BCUT2D eigenvalue weighted by Gasteiger charge is -2.07. The second-order valence-corrected chi connectivity index (χ2v) is 5.45. The van der Waals surface area contributed by atoms with Gasteiger partial charge in [-0.15, -0.1) is 0 Å². The van der Waals surface area contributed by atoms with Gasteiger partial charge in [0.05, 0.1) is 0 Å². The Morgan fingerprint density at radius 2 is 1.59 bits per heavy atom. The second-order valence-electron chi connectivity index (χ2n) is 5.02. The number of hydrogen-bond donors (Lipinski definition) is 3. The highest BCUT2D eigenvalue weighted by atomic mass is 35.5. The van der Waals surface area contributed by atoms with Crippen LogP contribution in [0, 0.1) is 0 Å². The quantitative estimate of drug-likeness (QED) is 0.717. The molecule has 4 nitrogen and oxygen atoms in total. The first-order chi connectivity index (χ1) is 10.5. The van der Waals surface area contributed by atoms with Crippen LogP contribution in [0.2, 0.25) is 5.02 Å². The van der Waals surface area contributed by atoms with E-state index in [1.54, 1.807) is 36.4 Å². The molecule has 0 aromatic heterocycles. The van der Waals surface area contributed by atoms with Gasteiger partial charge in [-0.1, -0.05) is 48.0 Å². The molecule has 3 N–H and O–H groups in total. The molecule has 0 radical (unpaired) electrons. The van der Waals surface area contributed by atoms with Gasteiger partial charge < -0.3 is 15.5 Å². The molecule has 0 aliphatic heterocycles. The molecule has 0 saturated heterocycles. The summed E-state index contributed by atoms with van der Waals surface area (Å²) in [6.45, 7) is 0.478. The van der Waals surface area contributed by atoms with E-state index in [1.807, 2.05) is 12.1 Å². The van der Waals surface area contributed by atoms with Gasteiger partial charge in [-0.05, 0) is 29.7 Å². The number of carbonyl (C=O) groups is 1. The lowest BCUT2D eigenvalue weighted by atomic mass is 10.1. The summed E-state index contributed by atoms with van der Waals surface area (Å²) in [7, 11) is 0. The second kappa shape index (κ2) is 7.94. The van der Waals surface area contributed by atoms with E-state index < -0.39 is 6.29 Å². The minimum absolute atomic E-state index is 0.0266. The minimum Gasteiger partial charge on any atom is -0.364 e. The zero-order valence-corrected chi connectivity index (χ0v) is 12.8. The molecule has 116 valence electrons. The van der Waals surface area contributed by atoms with E-state index in [2.05, 4.69) is 5.32 Å². The Bertz CT molecular complexity index is 609. The summed E-state index contributed by atoms with van der Waals surface area (Å²) in [5.41, 5.74) is 2.42. The molecule has 0 aliphatic rings. The molecule has 0 saturated carbocycles. The van der Waals surface area contributed by atoms with E-state index >= 15 is 0 Å². The van der Waals surface area contributed by atoms with Crippen molar-refractivity contribution in [2.75, 3.05) is 0 Å². The molecule has 0 bridgehead atoms. The predicted molar refractivity (Wildman–Crippen MR) is 85.2 cm³/mol. The maximum Gasteiger partial charge on any atom is 0.220 e. The van der Waals surface area contributed by atoms with Gasteiger partial charge >= 0.3 is 0 Å². The fourth-order valence-corrected chi connectivity index (χ4v) is 2.13. The van der Waals surface area contributed by atoms with Crippen LogP contribution in [0.25, 0.3) is 0 Å². The van der Waals surface area contributed by atoms with Crippen molar-refractivity contribution in [3.05, 3.63) is 70.2 Å². The average molecular weight is 320 g/mol. The first kappa shape index (κ1) is 16.5. The Labute approximate surface area is 134 Å². The molecule has 2 aromatic rings. The van der Waals surface area contributed by atoms with E-state index in [9.17, 15) is 4.79 Å². The van der Waals surface area contributed by atoms with Gasteiger partial charge in [0.15, 0.2) is 6.29 Å². The van der Waals surface area contributed by atoms with Crippen LogP contribution in [0.1, 0.15) is 29.4 Å². The average Bonchev–Trinajstić information content (AvgIpc) is 2.52. The zero-order valence-electron chi connectivity index (χ0n) is 12.0. The summed E-state index contributed by atoms with van der Waals surface area (Å²) in [6, 6.07) is 14.2. The third-order valence-corrected chi connectivity index (χ3v) is 3.57. The number of carbonyl (C=O) groups excluding carboxylic acids is 1. The molecule has 0 aliphatic carbocycles. The first-order valence-electron chi connectivity index (χ1n) is 7.01. The molecule has 0 spiro atoms. The maximum absolute atomic E-state index is 11.8. The highest BCUT2D eigenvalue weighted by Gasteiger charge is 2.05. The van der Waals surface area contributed by atoms with Crippen molar-refractivity contribution >= 4 is 17.5 Å². The summed E-state index contributed by atoms with van der Waals surface area (Å²) < 4.78 is 0. The molecule has 0 fully saturated rings. The molecule has 22 heavy (non-hydrogen) atoms. The third-order valence-electron chi connectivity index (χ3n) is 3.32. The summed E-state index contributed by atoms with van der Waals surface area (Å²) in [5.74, 6) is -0.0266. The number of aliphatic hydroxyl groups is 2. The minimum atomic E-state index is -1.46. The van der Waals surface area contributed by atoms with Crippen molar-refractivity contribution in [2.24, 2.45) is 0 Å². The van der Waals surface area contributed by atoms with Gasteiger partial charge in [-0.3, -0.25) is 4.79 Å². The third kappa shape index (κ3) is 5.15. The topological polar surface area (TPSA) is 69.6 Å². The highest BCUT2D eigenvalue weighted by molar-refractivity contribution is 6.30. The van der Waals surface area contributed by atoms with Crippen LogP contribution in [0.4, 0.5) is 0 Å². The van der Waals surface area contributed by atoms with Gasteiger partial charge in [0.1, 0.15) is 0 Å². The van der Waals surface area contributed by atoms with Crippen LogP contribution in [0.5, 0.6) is 0 Å². The molecular formula is C17H18ClNO3. The fourth-order valence-electron chi connectivity index (χ4n) is 2.01. The van der Waals surface area contributed by atoms with Crippen molar-refractivity contribution < 1.29 is 15.0 Å². The molecule has 2 rings (SSSR count). The Morgan fingerprint density at radius 1 is 1.00 bits per heavy atom. The Kier molecular flexibility index (Phi) is 5.95. The predicted octanol–water partition coefficient (Wildman–Crippen LogP) is 2.57. The van der Waals surface area contributed by atoms with Gasteiger partial charge in [-0.25, -0.2) is 0 Å². The number of amides is 1. The highest BCUT2D eigenvalue weighted by Crippen LogP contribution is 2.12. The van der Waals surface area contributed by atoms with Crippen LogP contribution in [0.15, 0.2) is 48.5 Å². The number of aryl methyl sites for hydroxylation is 1. The summed E-state index contributed by atoms with van der Waals surface area (Å²) in [5, 5.41) is 21.6. The van der Waals surface area contributed by atoms with Crippen molar-refractivity contribution in [1.82, 2.24) is 5.32 Å². The summed E-state index contributed by atoms with van der Waals surface area (Å²) in [4.78, 5) is 11.8. The molecule has 5 heteroatoms. The van der Waals surface area contributed by atoms with Gasteiger partial charge in [0.2, 0.25) is 5.91 Å². The fraction of sp³-hybridized carbons (Fsp3) is 0.235. The number of hydrogen-bond acceptors (Lipinski definition) is 3. The first-order valence-corrected chi connectivity index (χ1v) is 7.38. The lowest BCUT2D eigenvalue weighted by molar-refractivity contribution is -0.121. The van der Waals surface area contributed by atoms with Crippen LogP contribution in [-0.4, -0.2) is 16.1 Å². The van der Waals surface area contributed by atoms with Crippen molar-refractivity contribution in [3.63, 3.8) is 0 Å². The molecule has 1 amide bonds. The Hall–Kier alpha value is -1.88. The lowest BCUT2D eigenvalue weighted by Crippen LogP contribution is -2.22. The van der Waals surface area contributed by atoms with E-state index in [1.165, 1.54) is 0 Å². The van der Waals surface area contributed by atoms with Gasteiger partial charge in [-0.2, -0.15) is 0 Å². The smallest absolute Gasteiger partial charge is 0.220 e. The molecule has 2 aromatic carbocycles. The molecule has 0 unspecified atom stereocenters. The number of rotatable bonds is 6. The normalized spacial score (nSPS) is 10.7. The molecule has 0 atom stereocenters. The SMILES string of the molecule is O=C(CCc1ccc(C(O)O)cc1)NCc1ccc(Cl)cc1. The number of aliphatic hydroxyl groups excluding tert-OH is 1. The van der Waals surface area contributed by atoms with E-state index in [0.29, 0.717) is 30.0 Å². The van der Waals surface area contributed by atoms with Crippen LogP contribution < -0.4 is 5.32 Å². The Morgan fingerprint density at radius 3 is 2.18 bits per heavy atom. The molecular weight excluding hydrogens is 302 g/mol.